The third kappa shape index (κ3) is 2.87. The van der Waals surface area contributed by atoms with E-state index in [-0.39, 0.29) is 0 Å². The summed E-state index contributed by atoms with van der Waals surface area (Å²) < 4.78 is 0. The molecule has 3 nitrogen and oxygen atoms in total. The molecule has 1 aromatic carbocycles. The van der Waals surface area contributed by atoms with Gasteiger partial charge < -0.3 is 11.1 Å². The van der Waals surface area contributed by atoms with Gasteiger partial charge in [-0.3, -0.25) is 4.98 Å². The van der Waals surface area contributed by atoms with Crippen LogP contribution in [-0.2, 0) is 0 Å². The van der Waals surface area contributed by atoms with Crippen molar-refractivity contribution in [3.05, 3.63) is 30.5 Å². The minimum absolute atomic E-state index is 0.797. The van der Waals surface area contributed by atoms with Gasteiger partial charge in [0.25, 0.3) is 0 Å². The van der Waals surface area contributed by atoms with Gasteiger partial charge in [-0.25, -0.2) is 0 Å². The van der Waals surface area contributed by atoms with E-state index < -0.39 is 0 Å². The van der Waals surface area contributed by atoms with Crippen molar-refractivity contribution in [3.8, 4) is 0 Å². The third-order valence-electron chi connectivity index (χ3n) is 4.40. The van der Waals surface area contributed by atoms with Crippen LogP contribution in [0.2, 0.25) is 0 Å². The summed E-state index contributed by atoms with van der Waals surface area (Å²) in [6, 6.07) is 7.98. The van der Waals surface area contributed by atoms with E-state index in [1.165, 1.54) is 38.5 Å². The number of hydrogen-bond acceptors (Lipinski definition) is 3. The van der Waals surface area contributed by atoms with E-state index in [4.69, 9.17) is 5.73 Å². The van der Waals surface area contributed by atoms with E-state index in [9.17, 15) is 0 Å². The van der Waals surface area contributed by atoms with Crippen LogP contribution in [0.5, 0.6) is 0 Å². The zero-order valence-electron chi connectivity index (χ0n) is 11.9. The highest BCUT2D eigenvalue weighted by molar-refractivity contribution is 5.98. The molecule has 0 atom stereocenters. The topological polar surface area (TPSA) is 50.9 Å². The molecular formula is C17H23N3. The lowest BCUT2D eigenvalue weighted by atomic mass is 9.87. The van der Waals surface area contributed by atoms with Gasteiger partial charge in [0, 0.05) is 23.8 Å². The second-order valence-electron chi connectivity index (χ2n) is 5.82. The predicted molar refractivity (Wildman–Crippen MR) is 85.8 cm³/mol. The molecule has 106 valence electrons. The van der Waals surface area contributed by atoms with Gasteiger partial charge in [0.15, 0.2) is 0 Å². The Morgan fingerprint density at radius 3 is 2.85 bits per heavy atom. The van der Waals surface area contributed by atoms with Crippen LogP contribution in [0.4, 0.5) is 11.4 Å². The lowest BCUT2D eigenvalue weighted by molar-refractivity contribution is 0.345. The molecule has 0 aliphatic heterocycles. The maximum absolute atomic E-state index is 6.00. The third-order valence-corrected chi connectivity index (χ3v) is 4.40. The Bertz CT molecular complexity index is 573. The maximum atomic E-state index is 6.00. The van der Waals surface area contributed by atoms with Crippen molar-refractivity contribution in [2.45, 2.75) is 38.5 Å². The molecule has 0 bridgehead atoms. The highest BCUT2D eigenvalue weighted by Crippen LogP contribution is 2.28. The molecule has 0 amide bonds. The van der Waals surface area contributed by atoms with Gasteiger partial charge in [-0.05, 0) is 36.6 Å². The fourth-order valence-corrected chi connectivity index (χ4v) is 3.22. The van der Waals surface area contributed by atoms with Crippen LogP contribution in [0, 0.1) is 5.92 Å². The molecule has 0 unspecified atom stereocenters. The smallest absolute Gasteiger partial charge is 0.0953 e. The number of aromatic nitrogens is 1. The first-order valence-corrected chi connectivity index (χ1v) is 7.71. The predicted octanol–water partition coefficient (Wildman–Crippen LogP) is 4.20. The fraction of sp³-hybridized carbons (Fsp3) is 0.471. The Morgan fingerprint density at radius 2 is 2.00 bits per heavy atom. The van der Waals surface area contributed by atoms with E-state index in [0.717, 1.165) is 34.7 Å². The molecule has 1 aromatic heterocycles. The summed E-state index contributed by atoms with van der Waals surface area (Å²) in [5.41, 5.74) is 8.89. The molecule has 2 aromatic rings. The summed E-state index contributed by atoms with van der Waals surface area (Å²) >= 11 is 0. The van der Waals surface area contributed by atoms with Crippen molar-refractivity contribution in [1.82, 2.24) is 4.98 Å². The summed E-state index contributed by atoms with van der Waals surface area (Å²) in [5, 5.41) is 4.58. The Kier molecular flexibility index (Phi) is 4.05. The van der Waals surface area contributed by atoms with Crippen LogP contribution < -0.4 is 11.1 Å². The summed E-state index contributed by atoms with van der Waals surface area (Å²) in [6.07, 6.45) is 10.2. The number of nitrogens with zero attached hydrogens (tertiary/aromatic N) is 1. The van der Waals surface area contributed by atoms with E-state index in [2.05, 4.69) is 10.3 Å². The standard InChI is InChI=1S/C17H23N3/c18-15-8-9-16(17-14(15)7-4-11-20-17)19-12-10-13-5-2-1-3-6-13/h4,7-9,11,13,19H,1-3,5-6,10,12,18H2. The van der Waals surface area contributed by atoms with Crippen LogP contribution in [-0.4, -0.2) is 11.5 Å². The summed E-state index contributed by atoms with van der Waals surface area (Å²) in [7, 11) is 0. The SMILES string of the molecule is Nc1ccc(NCCC2CCCCC2)c2ncccc12. The minimum atomic E-state index is 0.797. The number of rotatable bonds is 4. The molecule has 0 saturated heterocycles. The van der Waals surface area contributed by atoms with Gasteiger partial charge in [0.2, 0.25) is 0 Å². The van der Waals surface area contributed by atoms with Crippen molar-refractivity contribution in [1.29, 1.82) is 0 Å². The van der Waals surface area contributed by atoms with Crippen LogP contribution in [0.15, 0.2) is 30.5 Å². The van der Waals surface area contributed by atoms with Crippen LogP contribution >= 0.6 is 0 Å². The maximum Gasteiger partial charge on any atom is 0.0953 e. The average Bonchev–Trinajstić information content (AvgIpc) is 2.51. The van der Waals surface area contributed by atoms with Gasteiger partial charge in [-0.15, -0.1) is 0 Å². The first kappa shape index (κ1) is 13.2. The first-order chi connectivity index (χ1) is 9.84. The van der Waals surface area contributed by atoms with Gasteiger partial charge in [-0.1, -0.05) is 32.1 Å². The summed E-state index contributed by atoms with van der Waals surface area (Å²) in [6.45, 7) is 1.03. The van der Waals surface area contributed by atoms with Crippen molar-refractivity contribution >= 4 is 22.3 Å². The molecule has 1 aliphatic rings. The number of hydrogen-bond donors (Lipinski definition) is 2. The zero-order valence-corrected chi connectivity index (χ0v) is 11.9. The second kappa shape index (κ2) is 6.12. The average molecular weight is 269 g/mol. The number of nitrogens with two attached hydrogens (primary N) is 1. The first-order valence-electron chi connectivity index (χ1n) is 7.71. The van der Waals surface area contributed by atoms with Gasteiger partial charge >= 0.3 is 0 Å². The zero-order chi connectivity index (χ0) is 13.8. The minimum Gasteiger partial charge on any atom is -0.398 e. The fourth-order valence-electron chi connectivity index (χ4n) is 3.22. The largest absolute Gasteiger partial charge is 0.398 e. The molecule has 1 saturated carbocycles. The quantitative estimate of drug-likeness (QED) is 0.818. The van der Waals surface area contributed by atoms with Crippen LogP contribution in [0.25, 0.3) is 10.9 Å². The summed E-state index contributed by atoms with van der Waals surface area (Å²) in [5.74, 6) is 0.907. The van der Waals surface area contributed by atoms with Gasteiger partial charge in [0.05, 0.1) is 11.2 Å². The van der Waals surface area contributed by atoms with Gasteiger partial charge in [-0.2, -0.15) is 0 Å². The van der Waals surface area contributed by atoms with Crippen molar-refractivity contribution in [3.63, 3.8) is 0 Å². The number of pyridine rings is 1. The number of benzene rings is 1. The van der Waals surface area contributed by atoms with E-state index in [0.29, 0.717) is 0 Å². The Balaban J connectivity index is 1.67. The molecule has 0 radical (unpaired) electrons. The van der Waals surface area contributed by atoms with Crippen molar-refractivity contribution < 1.29 is 0 Å². The molecular weight excluding hydrogens is 246 g/mol. The molecule has 3 rings (SSSR count). The monoisotopic (exact) mass is 269 g/mol. The summed E-state index contributed by atoms with van der Waals surface area (Å²) in [4.78, 5) is 4.46. The normalized spacial score (nSPS) is 16.4. The molecule has 3 N–H and O–H groups in total. The Morgan fingerprint density at radius 1 is 1.15 bits per heavy atom. The van der Waals surface area contributed by atoms with Crippen molar-refractivity contribution in [2.75, 3.05) is 17.6 Å². The molecule has 3 heteroatoms. The van der Waals surface area contributed by atoms with E-state index in [1.807, 2.05) is 30.5 Å². The molecule has 1 fully saturated rings. The molecule has 20 heavy (non-hydrogen) atoms. The highest BCUT2D eigenvalue weighted by atomic mass is 14.9. The van der Waals surface area contributed by atoms with Crippen molar-refractivity contribution in [2.24, 2.45) is 5.92 Å². The Hall–Kier alpha value is -1.77. The number of fused-ring (bicyclic) bond motifs is 1. The number of nitrogen functional groups attached to an aromatic ring is 1. The number of anilines is 2. The highest BCUT2D eigenvalue weighted by Gasteiger charge is 2.13. The van der Waals surface area contributed by atoms with Crippen LogP contribution in [0.1, 0.15) is 38.5 Å². The molecule has 1 aliphatic carbocycles. The lowest BCUT2D eigenvalue weighted by Crippen LogP contribution is -2.12. The molecule has 0 spiro atoms. The van der Waals surface area contributed by atoms with Gasteiger partial charge in [0.1, 0.15) is 0 Å². The van der Waals surface area contributed by atoms with Crippen LogP contribution in [0.3, 0.4) is 0 Å². The lowest BCUT2D eigenvalue weighted by Gasteiger charge is -2.21. The number of nitrogens with one attached hydrogen (secondary N) is 1. The second-order valence-corrected chi connectivity index (χ2v) is 5.82. The Labute approximate surface area is 120 Å². The van der Waals surface area contributed by atoms with E-state index in [1.54, 1.807) is 0 Å². The molecule has 1 heterocycles. The van der Waals surface area contributed by atoms with E-state index >= 15 is 0 Å².